The van der Waals surface area contributed by atoms with E-state index >= 15 is 0 Å². The molecule has 1 unspecified atom stereocenters. The van der Waals surface area contributed by atoms with Gasteiger partial charge >= 0.3 is 5.97 Å². The number of amides is 2. The van der Waals surface area contributed by atoms with Crippen LogP contribution in [0.3, 0.4) is 0 Å². The molecule has 1 atom stereocenters. The maximum atomic E-state index is 11.7. The van der Waals surface area contributed by atoms with Crippen LogP contribution >= 0.6 is 0 Å². The molecule has 0 aromatic heterocycles. The first-order chi connectivity index (χ1) is 8.06. The lowest BCUT2D eigenvalue weighted by Gasteiger charge is -2.22. The van der Waals surface area contributed by atoms with Crippen LogP contribution in [0.25, 0.3) is 0 Å². The fourth-order valence-electron chi connectivity index (χ4n) is 1.74. The lowest BCUT2D eigenvalue weighted by atomic mass is 10.2. The van der Waals surface area contributed by atoms with Gasteiger partial charge in [-0.1, -0.05) is 0 Å². The number of rotatable bonds is 5. The molecule has 6 nitrogen and oxygen atoms in total. The van der Waals surface area contributed by atoms with Gasteiger partial charge in [0.25, 0.3) is 0 Å². The number of likely N-dealkylation sites (tertiary alicyclic amines) is 1. The lowest BCUT2D eigenvalue weighted by molar-refractivity contribution is -0.144. The van der Waals surface area contributed by atoms with Gasteiger partial charge in [0.2, 0.25) is 11.8 Å². The van der Waals surface area contributed by atoms with Crippen LogP contribution in [0.4, 0.5) is 0 Å². The molecule has 0 aromatic rings. The first kappa shape index (κ1) is 13.5. The van der Waals surface area contributed by atoms with Crippen LogP contribution < -0.4 is 5.32 Å². The fourth-order valence-corrected chi connectivity index (χ4v) is 1.74. The molecule has 0 aromatic carbocycles. The Morgan fingerprint density at radius 3 is 2.76 bits per heavy atom. The first-order valence-corrected chi connectivity index (χ1v) is 5.79. The summed E-state index contributed by atoms with van der Waals surface area (Å²) in [6.07, 6.45) is 1.28. The molecule has 2 amide bonds. The minimum absolute atomic E-state index is 0.0104. The quantitative estimate of drug-likeness (QED) is 0.670. The highest BCUT2D eigenvalue weighted by Gasteiger charge is 2.29. The Balaban J connectivity index is 2.36. The van der Waals surface area contributed by atoms with Crippen LogP contribution in [0.5, 0.6) is 0 Å². The van der Waals surface area contributed by atoms with Crippen molar-refractivity contribution >= 4 is 17.8 Å². The van der Waals surface area contributed by atoms with E-state index in [1.807, 2.05) is 0 Å². The van der Waals surface area contributed by atoms with E-state index in [-0.39, 0.29) is 25.0 Å². The third kappa shape index (κ3) is 3.72. The average molecular weight is 242 g/mol. The van der Waals surface area contributed by atoms with Gasteiger partial charge in [-0.2, -0.15) is 0 Å². The smallest absolute Gasteiger partial charge is 0.325 e. The minimum Gasteiger partial charge on any atom is -0.465 e. The number of carbonyl (C=O) groups is 3. The third-order valence-corrected chi connectivity index (χ3v) is 2.67. The molecular weight excluding hydrogens is 224 g/mol. The van der Waals surface area contributed by atoms with Gasteiger partial charge in [-0.25, -0.2) is 0 Å². The number of esters is 1. The number of hydrogen-bond acceptors (Lipinski definition) is 4. The van der Waals surface area contributed by atoms with Crippen LogP contribution in [-0.2, 0) is 19.1 Å². The van der Waals surface area contributed by atoms with Crippen molar-refractivity contribution < 1.29 is 19.1 Å². The maximum absolute atomic E-state index is 11.7. The number of hydrogen-bond donors (Lipinski definition) is 1. The Morgan fingerprint density at radius 1 is 1.53 bits per heavy atom. The third-order valence-electron chi connectivity index (χ3n) is 2.67. The molecule has 1 aliphatic rings. The average Bonchev–Trinajstić information content (AvgIpc) is 2.71. The zero-order valence-electron chi connectivity index (χ0n) is 10.2. The summed E-state index contributed by atoms with van der Waals surface area (Å²) in [7, 11) is 0. The standard InChI is InChI=1S/C11H18N2O4/c1-3-17-10(15)7-12-11(16)8(2)13-6-4-5-9(13)14/h8H,3-7H2,1-2H3,(H,12,16). The lowest BCUT2D eigenvalue weighted by Crippen LogP contribution is -2.47. The van der Waals surface area contributed by atoms with Gasteiger partial charge in [0.1, 0.15) is 12.6 Å². The van der Waals surface area contributed by atoms with Gasteiger partial charge in [-0.05, 0) is 20.3 Å². The second kappa shape index (κ2) is 6.22. The van der Waals surface area contributed by atoms with Gasteiger partial charge in [0.15, 0.2) is 0 Å². The molecule has 1 rings (SSSR count). The Kier molecular flexibility index (Phi) is 4.93. The van der Waals surface area contributed by atoms with Gasteiger partial charge in [0, 0.05) is 13.0 Å². The zero-order chi connectivity index (χ0) is 12.8. The van der Waals surface area contributed by atoms with Crippen LogP contribution in [0.15, 0.2) is 0 Å². The summed E-state index contributed by atoms with van der Waals surface area (Å²) in [6, 6.07) is -0.528. The van der Waals surface area contributed by atoms with Crippen molar-refractivity contribution in [1.29, 1.82) is 0 Å². The van der Waals surface area contributed by atoms with E-state index in [4.69, 9.17) is 0 Å². The summed E-state index contributed by atoms with van der Waals surface area (Å²) in [4.78, 5) is 35.7. The van der Waals surface area contributed by atoms with E-state index < -0.39 is 12.0 Å². The highest BCUT2D eigenvalue weighted by Crippen LogP contribution is 2.13. The fraction of sp³-hybridized carbons (Fsp3) is 0.727. The highest BCUT2D eigenvalue weighted by atomic mass is 16.5. The first-order valence-electron chi connectivity index (χ1n) is 5.79. The van der Waals surface area contributed by atoms with Crippen LogP contribution in [0.2, 0.25) is 0 Å². The highest BCUT2D eigenvalue weighted by molar-refractivity contribution is 5.90. The monoisotopic (exact) mass is 242 g/mol. The summed E-state index contributed by atoms with van der Waals surface area (Å²) >= 11 is 0. The van der Waals surface area contributed by atoms with Crippen molar-refractivity contribution in [2.45, 2.75) is 32.7 Å². The predicted molar refractivity (Wildman–Crippen MR) is 60.1 cm³/mol. The Bertz CT molecular complexity index is 317. The second-order valence-electron chi connectivity index (χ2n) is 3.89. The molecule has 0 aliphatic carbocycles. The summed E-state index contributed by atoms with van der Waals surface area (Å²) in [5.74, 6) is -0.808. The molecule has 0 saturated carbocycles. The van der Waals surface area contributed by atoms with Crippen LogP contribution in [0.1, 0.15) is 26.7 Å². The number of ether oxygens (including phenoxy) is 1. The molecule has 96 valence electrons. The van der Waals surface area contributed by atoms with Crippen molar-refractivity contribution in [1.82, 2.24) is 10.2 Å². The summed E-state index contributed by atoms with van der Waals surface area (Å²) in [6.45, 7) is 4.09. The van der Waals surface area contributed by atoms with Crippen molar-refractivity contribution in [3.8, 4) is 0 Å². The van der Waals surface area contributed by atoms with Gasteiger partial charge in [-0.3, -0.25) is 14.4 Å². The molecule has 1 saturated heterocycles. The number of carbonyl (C=O) groups excluding carboxylic acids is 3. The molecule has 0 spiro atoms. The molecule has 0 radical (unpaired) electrons. The van der Waals surface area contributed by atoms with E-state index in [2.05, 4.69) is 10.1 Å². The second-order valence-corrected chi connectivity index (χ2v) is 3.89. The summed E-state index contributed by atoms with van der Waals surface area (Å²) < 4.78 is 4.68. The van der Waals surface area contributed by atoms with Gasteiger partial charge in [0.05, 0.1) is 6.61 Å². The van der Waals surface area contributed by atoms with Crippen molar-refractivity contribution in [2.75, 3.05) is 19.7 Å². The molecular formula is C11H18N2O4. The molecule has 1 aliphatic heterocycles. The zero-order valence-corrected chi connectivity index (χ0v) is 10.2. The van der Waals surface area contributed by atoms with Crippen LogP contribution in [0, 0.1) is 0 Å². The van der Waals surface area contributed by atoms with Gasteiger partial charge in [-0.15, -0.1) is 0 Å². The molecule has 1 N–H and O–H groups in total. The Labute approximate surface area is 100 Å². The van der Waals surface area contributed by atoms with Crippen molar-refractivity contribution in [2.24, 2.45) is 0 Å². The topological polar surface area (TPSA) is 75.7 Å². The SMILES string of the molecule is CCOC(=O)CNC(=O)C(C)N1CCCC1=O. The molecule has 17 heavy (non-hydrogen) atoms. The van der Waals surface area contributed by atoms with E-state index in [1.165, 1.54) is 4.90 Å². The normalized spacial score (nSPS) is 16.8. The van der Waals surface area contributed by atoms with E-state index in [0.29, 0.717) is 13.0 Å². The minimum atomic E-state index is -0.528. The summed E-state index contributed by atoms with van der Waals surface area (Å²) in [5, 5.41) is 2.46. The molecule has 6 heteroatoms. The Morgan fingerprint density at radius 2 is 2.24 bits per heavy atom. The largest absolute Gasteiger partial charge is 0.465 e. The van der Waals surface area contributed by atoms with E-state index in [0.717, 1.165) is 6.42 Å². The van der Waals surface area contributed by atoms with Crippen molar-refractivity contribution in [3.63, 3.8) is 0 Å². The predicted octanol–water partition coefficient (Wildman–Crippen LogP) is -0.323. The molecule has 1 heterocycles. The Hall–Kier alpha value is -1.59. The number of nitrogens with one attached hydrogen (secondary N) is 1. The number of nitrogens with zero attached hydrogens (tertiary/aromatic N) is 1. The van der Waals surface area contributed by atoms with E-state index in [9.17, 15) is 14.4 Å². The molecule has 1 fully saturated rings. The summed E-state index contributed by atoms with van der Waals surface area (Å²) in [5.41, 5.74) is 0. The van der Waals surface area contributed by atoms with Crippen LogP contribution in [-0.4, -0.2) is 48.4 Å². The maximum Gasteiger partial charge on any atom is 0.325 e. The van der Waals surface area contributed by atoms with Gasteiger partial charge < -0.3 is 15.0 Å². The van der Waals surface area contributed by atoms with Crippen molar-refractivity contribution in [3.05, 3.63) is 0 Å². The molecule has 0 bridgehead atoms. The van der Waals surface area contributed by atoms with E-state index in [1.54, 1.807) is 13.8 Å².